The van der Waals surface area contributed by atoms with Gasteiger partial charge in [-0.3, -0.25) is 4.90 Å². The fraction of sp³-hybridized carbons (Fsp3) is 0.294. The lowest BCUT2D eigenvalue weighted by Crippen LogP contribution is -2.38. The number of rotatable bonds is 3. The number of furan rings is 1. The third-order valence-electron chi connectivity index (χ3n) is 3.92. The highest BCUT2D eigenvalue weighted by atomic mass is 16.5. The van der Waals surface area contributed by atoms with Crippen LogP contribution in [0.25, 0.3) is 0 Å². The molecule has 0 fully saturated rings. The third kappa shape index (κ3) is 2.92. The first-order valence-electron chi connectivity index (χ1n) is 7.41. The van der Waals surface area contributed by atoms with Crippen LogP contribution in [0.5, 0.6) is 0 Å². The molecule has 120 valence electrons. The van der Waals surface area contributed by atoms with Crippen LogP contribution in [0.2, 0.25) is 0 Å². The van der Waals surface area contributed by atoms with Crippen molar-refractivity contribution in [2.75, 3.05) is 18.6 Å². The highest BCUT2D eigenvalue weighted by molar-refractivity contribution is 5.94. The Kier molecular flexibility index (Phi) is 4.06. The maximum Gasteiger partial charge on any atom is 0.341 e. The summed E-state index contributed by atoms with van der Waals surface area (Å²) in [6, 6.07) is 9.28. The highest BCUT2D eigenvalue weighted by Gasteiger charge is 2.24. The molecule has 1 aromatic heterocycles. The number of nitrogens with one attached hydrogen (secondary N) is 1. The number of aryl methyl sites for hydroxylation is 1. The van der Waals surface area contributed by atoms with Gasteiger partial charge in [-0.1, -0.05) is 18.2 Å². The maximum atomic E-state index is 12.3. The monoisotopic (exact) mass is 314 g/mol. The Labute approximate surface area is 134 Å². The second-order valence-electron chi connectivity index (χ2n) is 5.36. The maximum absolute atomic E-state index is 12.3. The summed E-state index contributed by atoms with van der Waals surface area (Å²) in [6.07, 6.45) is 0.857. The number of benzene rings is 1. The molecular weight excluding hydrogens is 296 g/mol. The number of hydrogen-bond donors (Lipinski definition) is 1. The molecule has 2 aromatic rings. The number of carbonyl (C=O) groups excluding carboxylic acids is 2. The van der Waals surface area contributed by atoms with Crippen LogP contribution >= 0.6 is 0 Å². The summed E-state index contributed by atoms with van der Waals surface area (Å²) in [5.41, 5.74) is 2.49. The molecule has 0 aliphatic carbocycles. The van der Waals surface area contributed by atoms with Gasteiger partial charge in [0.25, 0.3) is 0 Å². The van der Waals surface area contributed by atoms with Gasteiger partial charge in [-0.05, 0) is 31.0 Å². The van der Waals surface area contributed by atoms with E-state index >= 15 is 0 Å². The number of ether oxygens (including phenoxy) is 1. The molecule has 1 aliphatic rings. The predicted molar refractivity (Wildman–Crippen MR) is 84.5 cm³/mol. The zero-order chi connectivity index (χ0) is 16.4. The molecule has 23 heavy (non-hydrogen) atoms. The van der Waals surface area contributed by atoms with Crippen molar-refractivity contribution in [2.45, 2.75) is 19.9 Å². The van der Waals surface area contributed by atoms with Gasteiger partial charge in [0.15, 0.2) is 0 Å². The smallest absolute Gasteiger partial charge is 0.341 e. The number of nitrogens with zero attached hydrogens (tertiary/aromatic N) is 1. The van der Waals surface area contributed by atoms with E-state index in [0.29, 0.717) is 23.6 Å². The molecule has 0 spiro atoms. The van der Waals surface area contributed by atoms with E-state index in [0.717, 1.165) is 12.1 Å². The first-order chi connectivity index (χ1) is 11.1. The van der Waals surface area contributed by atoms with Gasteiger partial charge < -0.3 is 14.5 Å². The second kappa shape index (κ2) is 6.16. The minimum absolute atomic E-state index is 0.177. The number of esters is 1. The summed E-state index contributed by atoms with van der Waals surface area (Å²) in [5.74, 6) is 0.550. The third-order valence-corrected chi connectivity index (χ3v) is 3.92. The molecule has 2 amide bonds. The molecule has 0 saturated carbocycles. The highest BCUT2D eigenvalue weighted by Crippen LogP contribution is 2.27. The van der Waals surface area contributed by atoms with Crippen LogP contribution in [-0.4, -0.2) is 25.7 Å². The first-order valence-corrected chi connectivity index (χ1v) is 7.41. The van der Waals surface area contributed by atoms with Gasteiger partial charge >= 0.3 is 12.0 Å². The van der Waals surface area contributed by atoms with E-state index in [1.807, 2.05) is 24.3 Å². The topological polar surface area (TPSA) is 71.8 Å². The lowest BCUT2D eigenvalue weighted by molar-refractivity contribution is 0.0599. The molecule has 1 aromatic carbocycles. The van der Waals surface area contributed by atoms with E-state index in [2.05, 4.69) is 10.1 Å². The molecule has 0 saturated heterocycles. The van der Waals surface area contributed by atoms with Gasteiger partial charge in [0, 0.05) is 12.2 Å². The zero-order valence-corrected chi connectivity index (χ0v) is 13.1. The van der Waals surface area contributed by atoms with Gasteiger partial charge in [-0.25, -0.2) is 9.59 Å². The first kappa shape index (κ1) is 15.1. The van der Waals surface area contributed by atoms with Crippen LogP contribution in [0.1, 0.15) is 27.4 Å². The van der Waals surface area contributed by atoms with Crippen molar-refractivity contribution in [2.24, 2.45) is 0 Å². The van der Waals surface area contributed by atoms with Crippen LogP contribution in [0.4, 0.5) is 10.5 Å². The van der Waals surface area contributed by atoms with Crippen molar-refractivity contribution in [1.82, 2.24) is 5.32 Å². The molecule has 0 radical (unpaired) electrons. The number of anilines is 1. The normalized spacial score (nSPS) is 12.9. The van der Waals surface area contributed by atoms with E-state index in [4.69, 9.17) is 4.42 Å². The molecular formula is C17H18N2O4. The van der Waals surface area contributed by atoms with Gasteiger partial charge in [-0.15, -0.1) is 0 Å². The van der Waals surface area contributed by atoms with Crippen LogP contribution in [-0.2, 0) is 17.7 Å². The lowest BCUT2D eigenvalue weighted by atomic mass is 10.2. The van der Waals surface area contributed by atoms with Crippen molar-refractivity contribution < 1.29 is 18.7 Å². The standard InChI is InChI=1S/C17H18N2O4/c1-11-14(16(20)22-2)9-13(23-11)10-18-17(21)19-8-7-12-5-3-4-6-15(12)19/h3-6,9H,7-8,10H2,1-2H3,(H,18,21). The van der Waals surface area contributed by atoms with Crippen molar-refractivity contribution in [1.29, 1.82) is 0 Å². The number of hydrogen-bond acceptors (Lipinski definition) is 4. The molecule has 6 heteroatoms. The molecule has 0 bridgehead atoms. The zero-order valence-electron chi connectivity index (χ0n) is 13.1. The summed E-state index contributed by atoms with van der Waals surface area (Å²) in [5, 5.41) is 2.82. The molecule has 3 rings (SSSR count). The molecule has 1 aliphatic heterocycles. The Morgan fingerprint density at radius 3 is 2.91 bits per heavy atom. The predicted octanol–water partition coefficient (Wildman–Crippen LogP) is 2.65. The second-order valence-corrected chi connectivity index (χ2v) is 5.36. The van der Waals surface area contributed by atoms with Crippen molar-refractivity contribution in [3.8, 4) is 0 Å². The number of carbonyl (C=O) groups is 2. The van der Waals surface area contributed by atoms with Gasteiger partial charge in [-0.2, -0.15) is 0 Å². The van der Waals surface area contributed by atoms with E-state index in [1.165, 1.54) is 12.7 Å². The average Bonchev–Trinajstić information content (AvgIpc) is 3.15. The molecule has 6 nitrogen and oxygen atoms in total. The van der Waals surface area contributed by atoms with Crippen molar-refractivity contribution in [3.63, 3.8) is 0 Å². The number of amides is 2. The van der Waals surface area contributed by atoms with Crippen LogP contribution < -0.4 is 10.2 Å². The summed E-state index contributed by atoms with van der Waals surface area (Å²) in [4.78, 5) is 25.6. The number of para-hydroxylation sites is 1. The van der Waals surface area contributed by atoms with Crippen LogP contribution in [0, 0.1) is 6.92 Å². The Hall–Kier alpha value is -2.76. The Balaban J connectivity index is 1.65. The van der Waals surface area contributed by atoms with Gasteiger partial charge in [0.1, 0.15) is 17.1 Å². The summed E-state index contributed by atoms with van der Waals surface area (Å²) < 4.78 is 10.2. The fourth-order valence-electron chi connectivity index (χ4n) is 2.75. The van der Waals surface area contributed by atoms with Crippen LogP contribution in [0.3, 0.4) is 0 Å². The minimum Gasteiger partial charge on any atom is -0.465 e. The fourth-order valence-corrected chi connectivity index (χ4v) is 2.75. The van der Waals surface area contributed by atoms with Gasteiger partial charge in [0.05, 0.1) is 13.7 Å². The minimum atomic E-state index is -0.447. The quantitative estimate of drug-likeness (QED) is 0.884. The lowest BCUT2D eigenvalue weighted by Gasteiger charge is -2.17. The molecule has 2 heterocycles. The van der Waals surface area contributed by atoms with E-state index in [1.54, 1.807) is 17.9 Å². The molecule has 0 atom stereocenters. The SMILES string of the molecule is COC(=O)c1cc(CNC(=O)N2CCc3ccccc32)oc1C. The number of fused-ring (bicyclic) bond motifs is 1. The van der Waals surface area contributed by atoms with Gasteiger partial charge in [0.2, 0.25) is 0 Å². The van der Waals surface area contributed by atoms with E-state index in [9.17, 15) is 9.59 Å². The van der Waals surface area contributed by atoms with Crippen molar-refractivity contribution in [3.05, 3.63) is 53.0 Å². The summed E-state index contributed by atoms with van der Waals surface area (Å²) >= 11 is 0. The molecule has 0 unspecified atom stereocenters. The Bertz CT molecular complexity index is 751. The van der Waals surface area contributed by atoms with Crippen LogP contribution in [0.15, 0.2) is 34.7 Å². The number of urea groups is 1. The number of methoxy groups -OCH3 is 1. The molecule has 1 N–H and O–H groups in total. The van der Waals surface area contributed by atoms with E-state index in [-0.39, 0.29) is 12.6 Å². The van der Waals surface area contributed by atoms with E-state index < -0.39 is 5.97 Å². The average molecular weight is 314 g/mol. The largest absolute Gasteiger partial charge is 0.465 e. The summed E-state index contributed by atoms with van der Waals surface area (Å²) in [6.45, 7) is 2.57. The van der Waals surface area contributed by atoms with Crippen molar-refractivity contribution >= 4 is 17.7 Å². The Morgan fingerprint density at radius 2 is 2.13 bits per heavy atom. The Morgan fingerprint density at radius 1 is 1.35 bits per heavy atom. The summed E-state index contributed by atoms with van der Waals surface area (Å²) in [7, 11) is 1.32.